The van der Waals surface area contributed by atoms with Gasteiger partial charge in [0.2, 0.25) is 11.8 Å². The van der Waals surface area contributed by atoms with Gasteiger partial charge in [-0.05, 0) is 31.0 Å². The number of carbonyl (C=O) groups is 2. The summed E-state index contributed by atoms with van der Waals surface area (Å²) in [6, 6.07) is 6.51. The van der Waals surface area contributed by atoms with E-state index in [0.29, 0.717) is 36.5 Å². The van der Waals surface area contributed by atoms with Gasteiger partial charge in [-0.3, -0.25) is 19.0 Å². The second-order valence-electron chi connectivity index (χ2n) is 6.51. The Kier molecular flexibility index (Phi) is 5.50. The Labute approximate surface area is 165 Å². The van der Waals surface area contributed by atoms with E-state index in [1.807, 2.05) is 6.07 Å². The van der Waals surface area contributed by atoms with E-state index >= 15 is 0 Å². The highest BCUT2D eigenvalue weighted by molar-refractivity contribution is 5.94. The number of fused-ring (bicyclic) bond motifs is 1. The summed E-state index contributed by atoms with van der Waals surface area (Å²) in [5, 5.41) is 14.5. The van der Waals surface area contributed by atoms with Crippen LogP contribution in [0.5, 0.6) is 5.75 Å². The molecule has 0 spiro atoms. The first kappa shape index (κ1) is 19.9. The third kappa shape index (κ3) is 3.89. The van der Waals surface area contributed by atoms with Crippen LogP contribution in [0.3, 0.4) is 0 Å². The lowest BCUT2D eigenvalue weighted by atomic mass is 10.2. The normalized spacial score (nSPS) is 12.0. The Balaban J connectivity index is 1.91. The van der Waals surface area contributed by atoms with Crippen LogP contribution in [0, 0.1) is 11.3 Å². The van der Waals surface area contributed by atoms with E-state index in [-0.39, 0.29) is 17.2 Å². The summed E-state index contributed by atoms with van der Waals surface area (Å²) >= 11 is 0. The van der Waals surface area contributed by atoms with Gasteiger partial charge in [0.1, 0.15) is 23.9 Å². The molecule has 2 N–H and O–H groups in total. The first-order chi connectivity index (χ1) is 13.8. The minimum Gasteiger partial charge on any atom is -0.495 e. The van der Waals surface area contributed by atoms with Crippen molar-refractivity contribution in [2.45, 2.75) is 32.9 Å². The van der Waals surface area contributed by atoms with E-state index in [0.717, 1.165) is 4.57 Å². The van der Waals surface area contributed by atoms with Gasteiger partial charge in [-0.1, -0.05) is 0 Å². The van der Waals surface area contributed by atoms with E-state index in [4.69, 9.17) is 4.74 Å². The molecule has 2 aromatic rings. The molecular formula is C19H19N5O5. The molecule has 0 saturated carbocycles. The molecule has 1 aromatic heterocycles. The van der Waals surface area contributed by atoms with E-state index in [9.17, 15) is 24.4 Å². The number of ether oxygens (including phenoxy) is 1. The summed E-state index contributed by atoms with van der Waals surface area (Å²) < 4.78 is 7.32. The number of amides is 2. The number of rotatable bonds is 5. The van der Waals surface area contributed by atoms with Crippen LogP contribution in [0.25, 0.3) is 0 Å². The van der Waals surface area contributed by atoms with E-state index in [1.165, 1.54) is 24.7 Å². The lowest BCUT2D eigenvalue weighted by Gasteiger charge is -2.14. The Morgan fingerprint density at radius 2 is 2.03 bits per heavy atom. The minimum absolute atomic E-state index is 0.111. The van der Waals surface area contributed by atoms with Gasteiger partial charge in [0.25, 0.3) is 5.56 Å². The largest absolute Gasteiger partial charge is 0.495 e. The molecule has 1 aliphatic heterocycles. The topological polar surface area (TPSA) is 135 Å². The molecule has 2 heterocycles. The molecule has 2 amide bonds. The highest BCUT2D eigenvalue weighted by Crippen LogP contribution is 2.27. The van der Waals surface area contributed by atoms with Crippen LogP contribution in [-0.2, 0) is 29.1 Å². The number of anilines is 2. The number of carbonyl (C=O) groups excluding carboxylic acids is 2. The average molecular weight is 397 g/mol. The summed E-state index contributed by atoms with van der Waals surface area (Å²) in [4.78, 5) is 48.9. The van der Waals surface area contributed by atoms with Crippen molar-refractivity contribution in [2.75, 3.05) is 17.7 Å². The summed E-state index contributed by atoms with van der Waals surface area (Å²) in [5.74, 6) is -0.595. The fraction of sp³-hybridized carbons (Fsp3) is 0.316. The Bertz CT molecular complexity index is 1160. The maximum absolute atomic E-state index is 12.6. The molecule has 1 aliphatic rings. The van der Waals surface area contributed by atoms with E-state index < -0.39 is 23.7 Å². The standard InChI is InChI=1S/C19H19N5O5/c1-11(25)21-12-5-6-16(29-2)14(8-12)22-17(26)10-24-18(27)13(9-20)15-4-3-7-23(15)19(24)28/h5-6,8H,3-4,7,10H2,1-2H3,(H,21,25)(H,22,26). The molecule has 0 bridgehead atoms. The Morgan fingerprint density at radius 3 is 2.69 bits per heavy atom. The van der Waals surface area contributed by atoms with Crippen molar-refractivity contribution in [1.29, 1.82) is 5.26 Å². The molecule has 0 radical (unpaired) electrons. The van der Waals surface area contributed by atoms with Crippen molar-refractivity contribution in [3.05, 3.63) is 50.3 Å². The molecule has 1 aromatic carbocycles. The molecule has 0 saturated heterocycles. The van der Waals surface area contributed by atoms with Crippen LogP contribution in [-0.4, -0.2) is 28.1 Å². The van der Waals surface area contributed by atoms with Crippen molar-refractivity contribution in [2.24, 2.45) is 0 Å². The molecule has 0 atom stereocenters. The number of nitrogens with zero attached hydrogens (tertiary/aromatic N) is 3. The van der Waals surface area contributed by atoms with Gasteiger partial charge >= 0.3 is 5.69 Å². The van der Waals surface area contributed by atoms with Gasteiger partial charge in [0.15, 0.2) is 0 Å². The first-order valence-corrected chi connectivity index (χ1v) is 8.87. The van der Waals surface area contributed by atoms with Crippen molar-refractivity contribution >= 4 is 23.2 Å². The molecular weight excluding hydrogens is 378 g/mol. The SMILES string of the molecule is COc1ccc(NC(C)=O)cc1NC(=O)Cn1c(=O)c(C#N)c2n(c1=O)CCC2. The summed E-state index contributed by atoms with van der Waals surface area (Å²) in [6.07, 6.45) is 1.14. The van der Waals surface area contributed by atoms with E-state index in [1.54, 1.807) is 12.1 Å². The maximum Gasteiger partial charge on any atom is 0.331 e. The number of aromatic nitrogens is 2. The Hall–Kier alpha value is -3.87. The fourth-order valence-electron chi connectivity index (χ4n) is 3.31. The van der Waals surface area contributed by atoms with Crippen molar-refractivity contribution in [1.82, 2.24) is 9.13 Å². The third-order valence-electron chi connectivity index (χ3n) is 4.54. The van der Waals surface area contributed by atoms with Gasteiger partial charge in [-0.2, -0.15) is 5.26 Å². The Morgan fingerprint density at radius 1 is 1.28 bits per heavy atom. The number of methoxy groups -OCH3 is 1. The van der Waals surface area contributed by atoms with Gasteiger partial charge in [0.05, 0.1) is 12.8 Å². The smallest absolute Gasteiger partial charge is 0.331 e. The van der Waals surface area contributed by atoms with Crippen LogP contribution in [0.2, 0.25) is 0 Å². The quantitative estimate of drug-likeness (QED) is 0.751. The zero-order valence-electron chi connectivity index (χ0n) is 15.9. The number of hydrogen-bond donors (Lipinski definition) is 2. The zero-order chi connectivity index (χ0) is 21.1. The molecule has 0 unspecified atom stereocenters. The highest BCUT2D eigenvalue weighted by atomic mass is 16.5. The van der Waals surface area contributed by atoms with Crippen LogP contribution in [0.1, 0.15) is 24.6 Å². The van der Waals surface area contributed by atoms with Gasteiger partial charge < -0.3 is 15.4 Å². The number of hydrogen-bond acceptors (Lipinski definition) is 6. The second-order valence-corrected chi connectivity index (χ2v) is 6.51. The predicted octanol–water partition coefficient (Wildman–Crippen LogP) is 0.434. The molecule has 3 rings (SSSR count). The summed E-state index contributed by atoms with van der Waals surface area (Å²) in [5.41, 5.74) is -0.381. The molecule has 0 aliphatic carbocycles. The van der Waals surface area contributed by atoms with Gasteiger partial charge in [-0.25, -0.2) is 9.36 Å². The molecule has 29 heavy (non-hydrogen) atoms. The average Bonchev–Trinajstić information content (AvgIpc) is 3.15. The maximum atomic E-state index is 12.6. The fourth-order valence-corrected chi connectivity index (χ4v) is 3.31. The number of nitriles is 1. The van der Waals surface area contributed by atoms with Crippen LogP contribution >= 0.6 is 0 Å². The molecule has 150 valence electrons. The summed E-state index contributed by atoms with van der Waals surface area (Å²) in [7, 11) is 1.42. The first-order valence-electron chi connectivity index (χ1n) is 8.87. The predicted molar refractivity (Wildman–Crippen MR) is 104 cm³/mol. The summed E-state index contributed by atoms with van der Waals surface area (Å²) in [6.45, 7) is 1.19. The van der Waals surface area contributed by atoms with Gasteiger partial charge in [-0.15, -0.1) is 0 Å². The van der Waals surface area contributed by atoms with Gasteiger partial charge in [0, 0.05) is 24.8 Å². The van der Waals surface area contributed by atoms with E-state index in [2.05, 4.69) is 10.6 Å². The lowest BCUT2D eigenvalue weighted by Crippen LogP contribution is -2.44. The van der Waals surface area contributed by atoms with Crippen molar-refractivity contribution in [3.8, 4) is 11.8 Å². The third-order valence-corrected chi connectivity index (χ3v) is 4.54. The number of nitrogens with one attached hydrogen (secondary N) is 2. The number of benzene rings is 1. The monoisotopic (exact) mass is 397 g/mol. The minimum atomic E-state index is -0.778. The molecule has 10 heteroatoms. The van der Waals surface area contributed by atoms with Crippen molar-refractivity contribution < 1.29 is 14.3 Å². The lowest BCUT2D eigenvalue weighted by molar-refractivity contribution is -0.117. The van der Waals surface area contributed by atoms with Crippen LogP contribution in [0.15, 0.2) is 27.8 Å². The van der Waals surface area contributed by atoms with Crippen LogP contribution < -0.4 is 26.6 Å². The second kappa shape index (κ2) is 8.02. The highest BCUT2D eigenvalue weighted by Gasteiger charge is 2.23. The van der Waals surface area contributed by atoms with Crippen LogP contribution in [0.4, 0.5) is 11.4 Å². The van der Waals surface area contributed by atoms with Crippen molar-refractivity contribution in [3.63, 3.8) is 0 Å². The molecule has 10 nitrogen and oxygen atoms in total. The molecule has 0 fully saturated rings. The zero-order valence-corrected chi connectivity index (χ0v) is 15.9.